The van der Waals surface area contributed by atoms with Gasteiger partial charge in [-0.2, -0.15) is 0 Å². The molecule has 4 rings (SSSR count). The zero-order valence-electron chi connectivity index (χ0n) is 12.7. The minimum atomic E-state index is 0.173. The molecule has 0 N–H and O–H groups in total. The van der Waals surface area contributed by atoms with Crippen LogP contribution in [0, 0.1) is 0 Å². The summed E-state index contributed by atoms with van der Waals surface area (Å²) >= 11 is 0. The summed E-state index contributed by atoms with van der Waals surface area (Å²) in [5.74, 6) is 1.72. The number of rotatable bonds is 4. The molecule has 5 heteroatoms. The van der Waals surface area contributed by atoms with Crippen LogP contribution in [0.25, 0.3) is 16.7 Å². The maximum atomic E-state index is 10.9. The SMILES string of the molecule is O=Cc1ncc2ccn(-c3ccc(Oc4ccccc4)cc3)c2n1. The lowest BCUT2D eigenvalue weighted by Gasteiger charge is -2.08. The number of para-hydroxylation sites is 1. The summed E-state index contributed by atoms with van der Waals surface area (Å²) in [7, 11) is 0. The van der Waals surface area contributed by atoms with Gasteiger partial charge in [0.25, 0.3) is 0 Å². The molecule has 0 atom stereocenters. The second-order valence-corrected chi connectivity index (χ2v) is 5.22. The van der Waals surface area contributed by atoms with Crippen molar-refractivity contribution >= 4 is 17.3 Å². The minimum Gasteiger partial charge on any atom is -0.457 e. The van der Waals surface area contributed by atoms with Gasteiger partial charge in [-0.25, -0.2) is 9.97 Å². The molecule has 0 aliphatic carbocycles. The number of aromatic nitrogens is 3. The number of carbonyl (C=O) groups is 1. The van der Waals surface area contributed by atoms with Crippen molar-refractivity contribution < 1.29 is 9.53 Å². The Balaban J connectivity index is 1.66. The van der Waals surface area contributed by atoms with Gasteiger partial charge >= 0.3 is 0 Å². The molecular formula is C19H13N3O2. The second-order valence-electron chi connectivity index (χ2n) is 5.22. The summed E-state index contributed by atoms with van der Waals surface area (Å²) in [5.41, 5.74) is 1.63. The van der Waals surface area contributed by atoms with E-state index in [-0.39, 0.29) is 5.82 Å². The van der Waals surface area contributed by atoms with Crippen LogP contribution >= 0.6 is 0 Å². The van der Waals surface area contributed by atoms with Gasteiger partial charge in [0.05, 0.1) is 0 Å². The standard InChI is InChI=1S/C19H13N3O2/c23-13-18-20-12-14-10-11-22(19(14)21-18)15-6-8-17(9-7-15)24-16-4-2-1-3-5-16/h1-13H. The Kier molecular flexibility index (Phi) is 3.51. The van der Waals surface area contributed by atoms with Gasteiger partial charge in [0, 0.05) is 23.5 Å². The molecule has 0 unspecified atom stereocenters. The van der Waals surface area contributed by atoms with Crippen molar-refractivity contribution in [2.24, 2.45) is 0 Å². The largest absolute Gasteiger partial charge is 0.457 e. The Morgan fingerprint density at radius 3 is 2.42 bits per heavy atom. The van der Waals surface area contributed by atoms with Gasteiger partial charge in [-0.15, -0.1) is 0 Å². The van der Waals surface area contributed by atoms with Gasteiger partial charge < -0.3 is 9.30 Å². The second kappa shape index (κ2) is 5.96. The van der Waals surface area contributed by atoms with Crippen molar-refractivity contribution in [2.45, 2.75) is 0 Å². The maximum absolute atomic E-state index is 10.9. The lowest BCUT2D eigenvalue weighted by molar-refractivity contribution is 0.111. The Hall–Kier alpha value is -3.47. The fraction of sp³-hybridized carbons (Fsp3) is 0. The van der Waals surface area contributed by atoms with Crippen LogP contribution in [0.1, 0.15) is 10.6 Å². The third-order valence-corrected chi connectivity index (χ3v) is 3.65. The van der Waals surface area contributed by atoms with Gasteiger partial charge in [0.2, 0.25) is 0 Å². The summed E-state index contributed by atoms with van der Waals surface area (Å²) in [4.78, 5) is 19.1. The van der Waals surface area contributed by atoms with E-state index < -0.39 is 0 Å². The van der Waals surface area contributed by atoms with Gasteiger partial charge in [-0.05, 0) is 42.5 Å². The molecule has 0 saturated heterocycles. The average molecular weight is 315 g/mol. The first-order chi connectivity index (χ1) is 11.8. The zero-order chi connectivity index (χ0) is 16.4. The van der Waals surface area contributed by atoms with Crippen LogP contribution in [-0.2, 0) is 0 Å². The molecule has 0 spiro atoms. The Morgan fingerprint density at radius 2 is 1.67 bits per heavy atom. The third kappa shape index (κ3) is 2.63. The van der Waals surface area contributed by atoms with Crippen molar-refractivity contribution in [1.29, 1.82) is 0 Å². The van der Waals surface area contributed by atoms with Crippen molar-refractivity contribution in [2.75, 3.05) is 0 Å². The maximum Gasteiger partial charge on any atom is 0.194 e. The smallest absolute Gasteiger partial charge is 0.194 e. The molecule has 2 aromatic carbocycles. The molecule has 0 aliphatic rings. The van der Waals surface area contributed by atoms with E-state index in [1.54, 1.807) is 6.20 Å². The first-order valence-electron chi connectivity index (χ1n) is 7.46. The molecule has 0 amide bonds. The number of hydrogen-bond acceptors (Lipinski definition) is 4. The molecule has 2 aromatic heterocycles. The zero-order valence-corrected chi connectivity index (χ0v) is 12.7. The highest BCUT2D eigenvalue weighted by molar-refractivity contribution is 5.80. The van der Waals surface area contributed by atoms with Crippen molar-refractivity contribution in [3.05, 3.63) is 78.9 Å². The van der Waals surface area contributed by atoms with E-state index in [2.05, 4.69) is 9.97 Å². The van der Waals surface area contributed by atoms with Gasteiger partial charge in [-0.3, -0.25) is 4.79 Å². The van der Waals surface area contributed by atoms with E-state index in [9.17, 15) is 4.79 Å². The van der Waals surface area contributed by atoms with Gasteiger partial charge in [-0.1, -0.05) is 18.2 Å². The van der Waals surface area contributed by atoms with Crippen LogP contribution in [0.5, 0.6) is 11.5 Å². The Labute approximate surface area is 138 Å². The molecule has 5 nitrogen and oxygen atoms in total. The molecular weight excluding hydrogens is 302 g/mol. The number of fused-ring (bicyclic) bond motifs is 1. The van der Waals surface area contributed by atoms with E-state index in [1.165, 1.54) is 0 Å². The van der Waals surface area contributed by atoms with Gasteiger partial charge in [0.15, 0.2) is 12.1 Å². The first kappa shape index (κ1) is 14.1. The predicted molar refractivity (Wildman–Crippen MR) is 90.8 cm³/mol. The monoisotopic (exact) mass is 315 g/mol. The molecule has 2 heterocycles. The summed E-state index contributed by atoms with van der Waals surface area (Å²) in [6.45, 7) is 0. The summed E-state index contributed by atoms with van der Waals surface area (Å²) < 4.78 is 7.71. The summed E-state index contributed by atoms with van der Waals surface area (Å²) in [6.07, 6.45) is 4.20. The molecule has 0 fully saturated rings. The Bertz CT molecular complexity index is 992. The molecule has 116 valence electrons. The van der Waals surface area contributed by atoms with Crippen LogP contribution in [0.3, 0.4) is 0 Å². The predicted octanol–water partition coefficient (Wildman–Crippen LogP) is 4.03. The number of carbonyl (C=O) groups excluding carboxylic acids is 1. The van der Waals surface area contributed by atoms with Crippen LogP contribution in [0.2, 0.25) is 0 Å². The molecule has 0 radical (unpaired) electrons. The van der Waals surface area contributed by atoms with Crippen LogP contribution < -0.4 is 4.74 Å². The van der Waals surface area contributed by atoms with E-state index in [0.717, 1.165) is 22.6 Å². The number of hydrogen-bond donors (Lipinski definition) is 0. The number of aldehydes is 1. The van der Waals surface area contributed by atoms with E-state index in [1.807, 2.05) is 71.4 Å². The normalized spacial score (nSPS) is 10.7. The molecule has 24 heavy (non-hydrogen) atoms. The third-order valence-electron chi connectivity index (χ3n) is 3.65. The number of ether oxygens (including phenoxy) is 1. The fourth-order valence-electron chi connectivity index (χ4n) is 2.50. The number of nitrogens with zero attached hydrogens (tertiary/aromatic N) is 3. The minimum absolute atomic E-state index is 0.173. The van der Waals surface area contributed by atoms with Crippen molar-refractivity contribution in [3.63, 3.8) is 0 Å². The highest BCUT2D eigenvalue weighted by atomic mass is 16.5. The lowest BCUT2D eigenvalue weighted by atomic mass is 10.3. The average Bonchev–Trinajstić information content (AvgIpc) is 3.06. The molecule has 0 aliphatic heterocycles. The topological polar surface area (TPSA) is 57.0 Å². The molecule has 0 saturated carbocycles. The van der Waals surface area contributed by atoms with Crippen LogP contribution in [0.15, 0.2) is 73.1 Å². The van der Waals surface area contributed by atoms with E-state index >= 15 is 0 Å². The lowest BCUT2D eigenvalue weighted by Crippen LogP contribution is -1.98. The van der Waals surface area contributed by atoms with Crippen LogP contribution in [-0.4, -0.2) is 20.8 Å². The van der Waals surface area contributed by atoms with E-state index in [4.69, 9.17) is 4.74 Å². The highest BCUT2D eigenvalue weighted by Crippen LogP contribution is 2.24. The molecule has 4 aromatic rings. The van der Waals surface area contributed by atoms with Gasteiger partial charge in [0.1, 0.15) is 17.1 Å². The fourth-order valence-corrected chi connectivity index (χ4v) is 2.50. The molecule has 0 bridgehead atoms. The van der Waals surface area contributed by atoms with Crippen LogP contribution in [0.4, 0.5) is 0 Å². The first-order valence-corrected chi connectivity index (χ1v) is 7.46. The van der Waals surface area contributed by atoms with Crippen molar-refractivity contribution in [3.8, 4) is 17.2 Å². The quantitative estimate of drug-likeness (QED) is 0.534. The van der Waals surface area contributed by atoms with Crippen molar-refractivity contribution in [1.82, 2.24) is 14.5 Å². The summed E-state index contributed by atoms with van der Waals surface area (Å²) in [5, 5.41) is 0.880. The summed E-state index contributed by atoms with van der Waals surface area (Å²) in [6, 6.07) is 19.2. The van der Waals surface area contributed by atoms with E-state index in [0.29, 0.717) is 11.9 Å². The Morgan fingerprint density at radius 1 is 0.917 bits per heavy atom. The number of benzene rings is 2. The highest BCUT2D eigenvalue weighted by Gasteiger charge is 2.07.